The van der Waals surface area contributed by atoms with Crippen LogP contribution < -0.4 is 5.32 Å². The Morgan fingerprint density at radius 2 is 2.00 bits per heavy atom. The van der Waals surface area contributed by atoms with E-state index in [1.165, 1.54) is 18.2 Å². The molecule has 2 aromatic rings. The molecular weight excluding hydrogens is 309 g/mol. The molecule has 0 aliphatic rings. The van der Waals surface area contributed by atoms with Crippen molar-refractivity contribution in [3.63, 3.8) is 0 Å². The van der Waals surface area contributed by atoms with E-state index in [-0.39, 0.29) is 18.1 Å². The number of unbranched alkanes of at least 4 members (excludes halogenated alkanes) is 1. The van der Waals surface area contributed by atoms with Crippen molar-refractivity contribution in [3.8, 4) is 17.3 Å². The summed E-state index contributed by atoms with van der Waals surface area (Å²) >= 11 is 0. The van der Waals surface area contributed by atoms with Crippen LogP contribution in [-0.2, 0) is 11.0 Å². The van der Waals surface area contributed by atoms with Gasteiger partial charge in [-0.15, -0.1) is 0 Å². The first kappa shape index (κ1) is 16.5. The van der Waals surface area contributed by atoms with E-state index in [4.69, 9.17) is 5.26 Å². The molecule has 1 aromatic carbocycles. The van der Waals surface area contributed by atoms with Gasteiger partial charge in [0.15, 0.2) is 5.82 Å². The van der Waals surface area contributed by atoms with E-state index in [1.54, 1.807) is 0 Å². The molecule has 0 aliphatic heterocycles. The second-order valence-corrected chi connectivity index (χ2v) is 4.80. The Hall–Kier alpha value is -2.82. The minimum Gasteiger partial charge on any atom is -0.309 e. The van der Waals surface area contributed by atoms with Gasteiger partial charge < -0.3 is 5.32 Å². The van der Waals surface area contributed by atoms with Gasteiger partial charge in [-0.2, -0.15) is 23.5 Å². The van der Waals surface area contributed by atoms with Crippen molar-refractivity contribution in [2.75, 3.05) is 5.32 Å². The third kappa shape index (κ3) is 4.57. The summed E-state index contributed by atoms with van der Waals surface area (Å²) in [7, 11) is 0. The summed E-state index contributed by atoms with van der Waals surface area (Å²) in [5.41, 5.74) is 0.285. The van der Waals surface area contributed by atoms with Crippen LogP contribution in [0.4, 0.5) is 19.0 Å². The Morgan fingerprint density at radius 1 is 1.30 bits per heavy atom. The van der Waals surface area contributed by atoms with Gasteiger partial charge in [0.05, 0.1) is 17.3 Å². The summed E-state index contributed by atoms with van der Waals surface area (Å²) in [4.78, 5) is 11.6. The Morgan fingerprint density at radius 3 is 2.61 bits per heavy atom. The Labute approximate surface area is 130 Å². The van der Waals surface area contributed by atoms with Crippen molar-refractivity contribution in [2.24, 2.45) is 0 Å². The molecule has 0 fully saturated rings. The average Bonchev–Trinajstić information content (AvgIpc) is 2.95. The van der Waals surface area contributed by atoms with Gasteiger partial charge in [0, 0.05) is 18.9 Å². The number of aromatic amines is 1. The van der Waals surface area contributed by atoms with Gasteiger partial charge in [0.25, 0.3) is 0 Å². The fourth-order valence-electron chi connectivity index (χ4n) is 1.91. The third-order valence-electron chi connectivity index (χ3n) is 3.06. The molecule has 1 aromatic heterocycles. The molecule has 1 heterocycles. The lowest BCUT2D eigenvalue weighted by atomic mass is 10.1. The fourth-order valence-corrected chi connectivity index (χ4v) is 1.91. The van der Waals surface area contributed by atoms with E-state index in [0.29, 0.717) is 24.1 Å². The van der Waals surface area contributed by atoms with Crippen LogP contribution in [0.15, 0.2) is 30.3 Å². The molecule has 0 atom stereocenters. The van der Waals surface area contributed by atoms with Gasteiger partial charge in [0.2, 0.25) is 5.91 Å². The van der Waals surface area contributed by atoms with Gasteiger partial charge in [-0.3, -0.25) is 9.89 Å². The van der Waals surface area contributed by atoms with Crippen LogP contribution in [0, 0.1) is 11.3 Å². The minimum atomic E-state index is -4.38. The summed E-state index contributed by atoms with van der Waals surface area (Å²) < 4.78 is 37.5. The summed E-state index contributed by atoms with van der Waals surface area (Å²) in [5, 5.41) is 17.5. The summed E-state index contributed by atoms with van der Waals surface area (Å²) in [6.45, 7) is 0. The molecule has 0 saturated carbocycles. The zero-order valence-electron chi connectivity index (χ0n) is 11.9. The first-order valence-corrected chi connectivity index (χ1v) is 6.80. The molecule has 0 radical (unpaired) electrons. The van der Waals surface area contributed by atoms with Gasteiger partial charge in [-0.05, 0) is 24.1 Å². The molecule has 0 aliphatic carbocycles. The standard InChI is InChI=1S/C15H13F3N4O/c16-15(17,18)11-6-4-10(5-7-11)12-9-13(22-21-12)20-14(23)3-1-2-8-19/h4-7,9H,1-3H2,(H2,20,21,22,23). The Kier molecular flexibility index (Phi) is 5.01. The molecule has 1 amide bonds. The molecule has 0 unspecified atom stereocenters. The molecule has 8 heteroatoms. The van der Waals surface area contributed by atoms with Crippen molar-refractivity contribution < 1.29 is 18.0 Å². The molecule has 2 N–H and O–H groups in total. The molecule has 0 bridgehead atoms. The maximum atomic E-state index is 12.5. The quantitative estimate of drug-likeness (QED) is 0.823. The number of H-pyrrole nitrogens is 1. The average molecular weight is 322 g/mol. The zero-order valence-corrected chi connectivity index (χ0v) is 11.9. The second kappa shape index (κ2) is 6.96. The third-order valence-corrected chi connectivity index (χ3v) is 3.06. The van der Waals surface area contributed by atoms with E-state index >= 15 is 0 Å². The Balaban J connectivity index is 2.02. The van der Waals surface area contributed by atoms with Crippen LogP contribution in [0.1, 0.15) is 24.8 Å². The number of hydrogen-bond acceptors (Lipinski definition) is 3. The van der Waals surface area contributed by atoms with E-state index in [9.17, 15) is 18.0 Å². The molecule has 5 nitrogen and oxygen atoms in total. The molecule has 120 valence electrons. The highest BCUT2D eigenvalue weighted by Crippen LogP contribution is 2.30. The number of nitrogens with zero attached hydrogens (tertiary/aromatic N) is 2. The zero-order chi connectivity index (χ0) is 16.9. The molecule has 0 spiro atoms. The number of aromatic nitrogens is 2. The molecule has 2 rings (SSSR count). The van der Waals surface area contributed by atoms with Crippen LogP contribution in [0.5, 0.6) is 0 Å². The number of halogens is 3. The number of anilines is 1. The molecule has 0 saturated heterocycles. The van der Waals surface area contributed by atoms with Crippen LogP contribution in [0.3, 0.4) is 0 Å². The lowest BCUT2D eigenvalue weighted by Gasteiger charge is -2.06. The van der Waals surface area contributed by atoms with Crippen LogP contribution in [0.2, 0.25) is 0 Å². The number of amides is 1. The van der Waals surface area contributed by atoms with E-state index in [2.05, 4.69) is 15.5 Å². The highest BCUT2D eigenvalue weighted by molar-refractivity contribution is 5.90. The number of alkyl halides is 3. The maximum absolute atomic E-state index is 12.5. The van der Waals surface area contributed by atoms with Crippen LogP contribution >= 0.6 is 0 Å². The van der Waals surface area contributed by atoms with Gasteiger partial charge >= 0.3 is 6.18 Å². The highest BCUT2D eigenvalue weighted by atomic mass is 19.4. The number of carbonyl (C=O) groups excluding carboxylic acids is 1. The van der Waals surface area contributed by atoms with Gasteiger partial charge in [0.1, 0.15) is 0 Å². The van der Waals surface area contributed by atoms with Crippen molar-refractivity contribution in [1.82, 2.24) is 10.2 Å². The van der Waals surface area contributed by atoms with Crippen LogP contribution in [-0.4, -0.2) is 16.1 Å². The van der Waals surface area contributed by atoms with Crippen molar-refractivity contribution in [1.29, 1.82) is 5.26 Å². The first-order valence-electron chi connectivity index (χ1n) is 6.80. The SMILES string of the molecule is N#CCCCC(=O)Nc1cc(-c2ccc(C(F)(F)F)cc2)[nH]n1. The fraction of sp³-hybridized carbons (Fsp3) is 0.267. The van der Waals surface area contributed by atoms with Crippen molar-refractivity contribution >= 4 is 11.7 Å². The number of hydrogen-bond donors (Lipinski definition) is 2. The first-order chi connectivity index (χ1) is 10.9. The second-order valence-electron chi connectivity index (χ2n) is 4.80. The predicted octanol–water partition coefficient (Wildman–Crippen LogP) is 3.73. The van der Waals surface area contributed by atoms with Crippen LogP contribution in [0.25, 0.3) is 11.3 Å². The normalized spacial score (nSPS) is 11.0. The number of rotatable bonds is 5. The van der Waals surface area contributed by atoms with Crippen molar-refractivity contribution in [3.05, 3.63) is 35.9 Å². The maximum Gasteiger partial charge on any atom is 0.416 e. The number of carbonyl (C=O) groups is 1. The smallest absolute Gasteiger partial charge is 0.309 e. The number of nitrogens with one attached hydrogen (secondary N) is 2. The number of nitriles is 1. The predicted molar refractivity (Wildman–Crippen MR) is 77.1 cm³/mol. The molecule has 23 heavy (non-hydrogen) atoms. The Bertz CT molecular complexity index is 714. The summed E-state index contributed by atoms with van der Waals surface area (Å²) in [5.74, 6) is 0.00701. The van der Waals surface area contributed by atoms with Gasteiger partial charge in [-0.1, -0.05) is 12.1 Å². The lowest BCUT2D eigenvalue weighted by Crippen LogP contribution is -2.11. The van der Waals surface area contributed by atoms with Gasteiger partial charge in [-0.25, -0.2) is 0 Å². The van der Waals surface area contributed by atoms with Crippen molar-refractivity contribution in [2.45, 2.75) is 25.4 Å². The monoisotopic (exact) mass is 322 g/mol. The summed E-state index contributed by atoms with van der Waals surface area (Å²) in [6.07, 6.45) is -3.42. The summed E-state index contributed by atoms with van der Waals surface area (Å²) in [6, 6.07) is 8.10. The lowest BCUT2D eigenvalue weighted by molar-refractivity contribution is -0.137. The van der Waals surface area contributed by atoms with E-state index in [1.807, 2.05) is 6.07 Å². The number of benzene rings is 1. The topological polar surface area (TPSA) is 81.6 Å². The highest BCUT2D eigenvalue weighted by Gasteiger charge is 2.30. The molecular formula is C15H13F3N4O. The van der Waals surface area contributed by atoms with E-state index in [0.717, 1.165) is 12.1 Å². The largest absolute Gasteiger partial charge is 0.416 e. The minimum absolute atomic E-state index is 0.204. The van der Waals surface area contributed by atoms with E-state index < -0.39 is 11.7 Å².